The van der Waals surface area contributed by atoms with Gasteiger partial charge >= 0.3 is 12.4 Å². The number of para-hydroxylation sites is 2. The molecule has 0 bridgehead atoms. The van der Waals surface area contributed by atoms with Gasteiger partial charge in [-0.1, -0.05) is 12.1 Å². The van der Waals surface area contributed by atoms with Gasteiger partial charge in [0.15, 0.2) is 5.75 Å². The Bertz CT molecular complexity index is 1190. The van der Waals surface area contributed by atoms with Crippen LogP contribution < -0.4 is 15.0 Å². The van der Waals surface area contributed by atoms with Crippen LogP contribution in [0.5, 0.6) is 5.75 Å². The molecular weight excluding hydrogens is 419 g/mol. The van der Waals surface area contributed by atoms with Crippen molar-refractivity contribution in [3.63, 3.8) is 0 Å². The maximum absolute atomic E-state index is 12.6. The van der Waals surface area contributed by atoms with E-state index in [1.165, 1.54) is 36.6 Å². The second-order valence-corrected chi connectivity index (χ2v) is 6.89. The predicted molar refractivity (Wildman–Crippen MR) is 107 cm³/mol. The van der Waals surface area contributed by atoms with Crippen molar-refractivity contribution in [2.45, 2.75) is 6.36 Å². The molecule has 0 aliphatic rings. The average molecular weight is 433 g/mol. The van der Waals surface area contributed by atoms with Gasteiger partial charge in [0.05, 0.1) is 22.2 Å². The topological polar surface area (TPSA) is 72.3 Å². The van der Waals surface area contributed by atoms with Crippen LogP contribution in [0.25, 0.3) is 16.9 Å². The van der Waals surface area contributed by atoms with E-state index >= 15 is 0 Å². The number of carbonyl (C=O) groups excluding carboxylic acids is 1. The minimum atomic E-state index is -4.87. The van der Waals surface area contributed by atoms with Crippen LogP contribution in [0.15, 0.2) is 59.7 Å². The number of urea groups is 1. The number of anilines is 2. The monoisotopic (exact) mass is 433 g/mol. The number of alkyl halides is 3. The van der Waals surface area contributed by atoms with Crippen molar-refractivity contribution >= 4 is 39.8 Å². The number of hydrogen-bond acceptors (Lipinski definition) is 5. The van der Waals surface area contributed by atoms with E-state index in [0.29, 0.717) is 11.2 Å². The van der Waals surface area contributed by atoms with Gasteiger partial charge in [0, 0.05) is 18.1 Å². The molecular formula is C19H14F3N5O2S. The van der Waals surface area contributed by atoms with Crippen molar-refractivity contribution < 1.29 is 22.7 Å². The zero-order valence-corrected chi connectivity index (χ0v) is 16.2. The van der Waals surface area contributed by atoms with Gasteiger partial charge in [-0.25, -0.2) is 14.8 Å². The summed E-state index contributed by atoms with van der Waals surface area (Å²) in [5.74, 6) is 0.264. The molecule has 30 heavy (non-hydrogen) atoms. The van der Waals surface area contributed by atoms with Gasteiger partial charge in [-0.05, 0) is 30.3 Å². The van der Waals surface area contributed by atoms with Gasteiger partial charge in [0.1, 0.15) is 12.1 Å². The number of carbonyl (C=O) groups is 1. The lowest BCUT2D eigenvalue weighted by molar-refractivity contribution is -0.274. The molecule has 154 valence electrons. The molecule has 0 atom stereocenters. The van der Waals surface area contributed by atoms with Crippen LogP contribution in [0.4, 0.5) is 29.3 Å². The van der Waals surface area contributed by atoms with E-state index < -0.39 is 18.1 Å². The van der Waals surface area contributed by atoms with Crippen molar-refractivity contribution in [3.8, 4) is 11.6 Å². The molecule has 4 aromatic rings. The van der Waals surface area contributed by atoms with E-state index in [4.69, 9.17) is 0 Å². The maximum Gasteiger partial charge on any atom is 0.573 e. The fraction of sp³-hybridized carbons (Fsp3) is 0.105. The summed E-state index contributed by atoms with van der Waals surface area (Å²) in [7, 11) is 1.35. The molecule has 0 radical (unpaired) electrons. The molecule has 1 N–H and O–H groups in total. The molecule has 11 heteroatoms. The zero-order chi connectivity index (χ0) is 21.3. The van der Waals surface area contributed by atoms with Crippen LogP contribution in [-0.4, -0.2) is 34.0 Å². The number of thiazole rings is 1. The average Bonchev–Trinajstić information content (AvgIpc) is 3.35. The van der Waals surface area contributed by atoms with E-state index in [1.54, 1.807) is 30.0 Å². The van der Waals surface area contributed by atoms with Gasteiger partial charge in [-0.3, -0.25) is 9.47 Å². The number of fused-ring (bicyclic) bond motifs is 1. The number of imidazole rings is 1. The first kappa shape index (κ1) is 19.7. The first-order valence-corrected chi connectivity index (χ1v) is 9.51. The Balaban J connectivity index is 1.55. The highest BCUT2D eigenvalue weighted by atomic mass is 32.1. The van der Waals surface area contributed by atoms with Gasteiger partial charge in [0.2, 0.25) is 0 Å². The summed E-state index contributed by atoms with van der Waals surface area (Å²) >= 11 is 1.46. The molecule has 2 heterocycles. The largest absolute Gasteiger partial charge is 0.573 e. The molecule has 0 aliphatic heterocycles. The van der Waals surface area contributed by atoms with Gasteiger partial charge in [0.25, 0.3) is 0 Å². The van der Waals surface area contributed by atoms with Crippen LogP contribution in [0, 0.1) is 0 Å². The standard InChI is InChI=1S/C19H14F3N5O2S/c1-26(15-4-2-3-5-16(15)29-19(20,21)22)18(28)25-12-6-7-14-13(8-12)23-10-27(14)17-9-30-11-24-17/h2-11H,1H3,(H,25,28). The number of halogens is 3. The number of aromatic nitrogens is 3. The number of nitrogens with zero attached hydrogens (tertiary/aromatic N) is 4. The Hall–Kier alpha value is -3.60. The summed E-state index contributed by atoms with van der Waals surface area (Å²) in [6.07, 6.45) is -3.24. The van der Waals surface area contributed by atoms with E-state index in [9.17, 15) is 18.0 Å². The molecule has 2 aromatic carbocycles. The quantitative estimate of drug-likeness (QED) is 0.489. The van der Waals surface area contributed by atoms with Crippen LogP contribution in [0.1, 0.15) is 0 Å². The van der Waals surface area contributed by atoms with E-state index in [2.05, 4.69) is 20.0 Å². The van der Waals surface area contributed by atoms with E-state index in [-0.39, 0.29) is 5.69 Å². The third-order valence-electron chi connectivity index (χ3n) is 4.22. The first-order chi connectivity index (χ1) is 14.3. The van der Waals surface area contributed by atoms with E-state index in [0.717, 1.165) is 22.3 Å². The number of benzene rings is 2. The Labute approximate surface area is 172 Å². The highest BCUT2D eigenvalue weighted by Crippen LogP contribution is 2.32. The summed E-state index contributed by atoms with van der Waals surface area (Å²) in [4.78, 5) is 22.2. The first-order valence-electron chi connectivity index (χ1n) is 8.57. The van der Waals surface area contributed by atoms with Crippen molar-refractivity contribution in [1.82, 2.24) is 14.5 Å². The fourth-order valence-electron chi connectivity index (χ4n) is 2.86. The highest BCUT2D eigenvalue weighted by molar-refractivity contribution is 7.07. The molecule has 2 amide bonds. The lowest BCUT2D eigenvalue weighted by Gasteiger charge is -2.21. The van der Waals surface area contributed by atoms with Gasteiger partial charge < -0.3 is 10.1 Å². The van der Waals surface area contributed by atoms with Gasteiger partial charge in [-0.2, -0.15) is 0 Å². The second kappa shape index (κ2) is 7.67. The zero-order valence-electron chi connectivity index (χ0n) is 15.4. The minimum absolute atomic E-state index is 0.0267. The van der Waals surface area contributed by atoms with E-state index in [1.807, 2.05) is 9.95 Å². The minimum Gasteiger partial charge on any atom is -0.404 e. The molecule has 0 spiro atoms. The van der Waals surface area contributed by atoms with Gasteiger partial charge in [-0.15, -0.1) is 24.5 Å². The second-order valence-electron chi connectivity index (χ2n) is 6.17. The van der Waals surface area contributed by atoms with Crippen molar-refractivity contribution in [3.05, 3.63) is 59.7 Å². The molecule has 0 saturated heterocycles. The van der Waals surface area contributed by atoms with Crippen LogP contribution in [-0.2, 0) is 0 Å². The smallest absolute Gasteiger partial charge is 0.404 e. The SMILES string of the molecule is CN(C(=O)Nc1ccc2c(c1)ncn2-c1cscn1)c1ccccc1OC(F)(F)F. The Kier molecular flexibility index (Phi) is 5.04. The Morgan fingerprint density at radius 2 is 2.00 bits per heavy atom. The summed E-state index contributed by atoms with van der Waals surface area (Å²) in [6.45, 7) is 0. The normalized spacial score (nSPS) is 11.5. The molecule has 0 fully saturated rings. The summed E-state index contributed by atoms with van der Waals surface area (Å²) in [5.41, 5.74) is 3.56. The summed E-state index contributed by atoms with van der Waals surface area (Å²) in [5, 5.41) is 4.53. The number of amides is 2. The van der Waals surface area contributed by atoms with Crippen molar-refractivity contribution in [1.29, 1.82) is 0 Å². The number of nitrogens with one attached hydrogen (secondary N) is 1. The number of ether oxygens (including phenoxy) is 1. The molecule has 2 aromatic heterocycles. The predicted octanol–water partition coefficient (Wildman–Crippen LogP) is 5.05. The third kappa shape index (κ3) is 4.06. The lowest BCUT2D eigenvalue weighted by Crippen LogP contribution is -2.32. The molecule has 0 saturated carbocycles. The van der Waals surface area contributed by atoms with Crippen LogP contribution in [0.2, 0.25) is 0 Å². The van der Waals surface area contributed by atoms with Crippen LogP contribution in [0.3, 0.4) is 0 Å². The van der Waals surface area contributed by atoms with Crippen molar-refractivity contribution in [2.24, 2.45) is 0 Å². The molecule has 0 unspecified atom stereocenters. The molecule has 7 nitrogen and oxygen atoms in total. The molecule has 0 aliphatic carbocycles. The fourth-order valence-corrected chi connectivity index (χ4v) is 3.39. The third-order valence-corrected chi connectivity index (χ3v) is 4.80. The Morgan fingerprint density at radius 1 is 1.20 bits per heavy atom. The van der Waals surface area contributed by atoms with Crippen LogP contribution >= 0.6 is 11.3 Å². The highest BCUT2D eigenvalue weighted by Gasteiger charge is 2.33. The summed E-state index contributed by atoms with van der Waals surface area (Å²) in [6, 6.07) is 9.90. The Morgan fingerprint density at radius 3 is 2.73 bits per heavy atom. The summed E-state index contributed by atoms with van der Waals surface area (Å²) < 4.78 is 43.7. The maximum atomic E-state index is 12.6. The number of hydrogen-bond donors (Lipinski definition) is 1. The number of rotatable bonds is 4. The lowest BCUT2D eigenvalue weighted by atomic mass is 10.2. The van der Waals surface area contributed by atoms with Crippen molar-refractivity contribution in [2.75, 3.05) is 17.3 Å². The molecule has 4 rings (SSSR count).